The quantitative estimate of drug-likeness (QED) is 0.935. The Labute approximate surface area is 127 Å². The van der Waals surface area contributed by atoms with Crippen molar-refractivity contribution >= 4 is 27.5 Å². The van der Waals surface area contributed by atoms with Crippen LogP contribution in [-0.4, -0.2) is 58.1 Å². The molecule has 0 aliphatic carbocycles. The number of rotatable bonds is 4. The number of carbonyl (C=O) groups is 1. The molecule has 5 nitrogen and oxygen atoms in total. The SMILES string of the molecule is CC(C(=O)O)N1CCN(Cc2nc3ccccc3s2)CC1. The minimum atomic E-state index is -0.741. The van der Waals surface area contributed by atoms with Crippen LogP contribution in [0.5, 0.6) is 0 Å². The summed E-state index contributed by atoms with van der Waals surface area (Å²) in [5.41, 5.74) is 1.07. The highest BCUT2D eigenvalue weighted by Gasteiger charge is 2.25. The molecule has 21 heavy (non-hydrogen) atoms. The van der Waals surface area contributed by atoms with Crippen LogP contribution in [-0.2, 0) is 11.3 Å². The van der Waals surface area contributed by atoms with E-state index in [0.29, 0.717) is 0 Å². The van der Waals surface area contributed by atoms with Crippen LogP contribution in [0.2, 0.25) is 0 Å². The van der Waals surface area contributed by atoms with Crippen LogP contribution in [0, 0.1) is 0 Å². The molecule has 6 heteroatoms. The summed E-state index contributed by atoms with van der Waals surface area (Å²) in [5, 5.41) is 10.2. The van der Waals surface area contributed by atoms with Crippen LogP contribution in [0.3, 0.4) is 0 Å². The minimum Gasteiger partial charge on any atom is -0.480 e. The zero-order valence-electron chi connectivity index (χ0n) is 12.0. The molecule has 0 radical (unpaired) electrons. The Morgan fingerprint density at radius 2 is 2.05 bits per heavy atom. The zero-order chi connectivity index (χ0) is 14.8. The van der Waals surface area contributed by atoms with Crippen molar-refractivity contribution in [3.05, 3.63) is 29.3 Å². The fraction of sp³-hybridized carbons (Fsp3) is 0.467. The van der Waals surface area contributed by atoms with E-state index in [9.17, 15) is 4.79 Å². The molecule has 1 aromatic heterocycles. The van der Waals surface area contributed by atoms with Gasteiger partial charge in [-0.25, -0.2) is 4.98 Å². The Morgan fingerprint density at radius 3 is 2.71 bits per heavy atom. The van der Waals surface area contributed by atoms with Crippen molar-refractivity contribution in [1.29, 1.82) is 0 Å². The molecule has 1 aliphatic rings. The summed E-state index contributed by atoms with van der Waals surface area (Å²) in [6, 6.07) is 7.80. The minimum absolute atomic E-state index is 0.394. The molecule has 1 atom stereocenters. The van der Waals surface area contributed by atoms with Gasteiger partial charge in [-0.2, -0.15) is 0 Å². The standard InChI is InChI=1S/C15H19N3O2S/c1-11(15(19)20)18-8-6-17(7-9-18)10-14-16-12-4-2-3-5-13(12)21-14/h2-5,11H,6-10H2,1H3,(H,19,20). The Morgan fingerprint density at radius 1 is 1.33 bits per heavy atom. The second-order valence-corrected chi connectivity index (χ2v) is 6.52. The Bertz CT molecular complexity index is 602. The van der Waals surface area contributed by atoms with E-state index in [0.717, 1.165) is 43.2 Å². The number of aliphatic carboxylic acids is 1. The van der Waals surface area contributed by atoms with Crippen molar-refractivity contribution in [3.63, 3.8) is 0 Å². The molecule has 0 saturated carbocycles. The van der Waals surface area contributed by atoms with Crippen molar-refractivity contribution in [1.82, 2.24) is 14.8 Å². The van der Waals surface area contributed by atoms with Gasteiger partial charge in [-0.1, -0.05) is 12.1 Å². The van der Waals surface area contributed by atoms with Gasteiger partial charge in [-0.05, 0) is 19.1 Å². The van der Waals surface area contributed by atoms with E-state index < -0.39 is 12.0 Å². The van der Waals surface area contributed by atoms with E-state index in [1.54, 1.807) is 18.3 Å². The lowest BCUT2D eigenvalue weighted by molar-refractivity contribution is -0.143. The molecule has 0 spiro atoms. The molecule has 1 unspecified atom stereocenters. The van der Waals surface area contributed by atoms with Crippen molar-refractivity contribution in [2.24, 2.45) is 0 Å². The number of thiazole rings is 1. The Kier molecular flexibility index (Phi) is 4.19. The summed E-state index contributed by atoms with van der Waals surface area (Å²) < 4.78 is 1.23. The number of carboxylic acids is 1. The molecule has 3 rings (SSSR count). The molecule has 1 aromatic carbocycles. The van der Waals surface area contributed by atoms with Crippen LogP contribution in [0.4, 0.5) is 0 Å². The fourth-order valence-corrected chi connectivity index (χ4v) is 3.65. The van der Waals surface area contributed by atoms with E-state index >= 15 is 0 Å². The molecule has 1 aliphatic heterocycles. The van der Waals surface area contributed by atoms with Gasteiger partial charge in [0.2, 0.25) is 0 Å². The number of piperazine rings is 1. The predicted octanol–water partition coefficient (Wildman–Crippen LogP) is 1.89. The van der Waals surface area contributed by atoms with E-state index in [4.69, 9.17) is 5.11 Å². The number of para-hydroxylation sites is 1. The Hall–Kier alpha value is -1.50. The van der Waals surface area contributed by atoms with E-state index in [1.165, 1.54) is 4.70 Å². The third-order valence-corrected chi connectivity index (χ3v) is 5.03. The summed E-state index contributed by atoms with van der Waals surface area (Å²) >= 11 is 1.74. The molecule has 1 N–H and O–H groups in total. The molecule has 1 fully saturated rings. The number of nitrogens with zero attached hydrogens (tertiary/aromatic N) is 3. The highest BCUT2D eigenvalue weighted by Crippen LogP contribution is 2.23. The van der Waals surface area contributed by atoms with Gasteiger partial charge in [-0.3, -0.25) is 14.6 Å². The maximum atomic E-state index is 11.0. The number of hydrogen-bond donors (Lipinski definition) is 1. The highest BCUT2D eigenvalue weighted by atomic mass is 32.1. The molecular weight excluding hydrogens is 286 g/mol. The van der Waals surface area contributed by atoms with Gasteiger partial charge in [0.1, 0.15) is 11.0 Å². The van der Waals surface area contributed by atoms with Gasteiger partial charge in [0.15, 0.2) is 0 Å². The normalized spacial score (nSPS) is 18.9. The molecule has 2 aromatic rings. The molecule has 2 heterocycles. The lowest BCUT2D eigenvalue weighted by atomic mass is 10.2. The van der Waals surface area contributed by atoms with E-state index in [-0.39, 0.29) is 0 Å². The zero-order valence-corrected chi connectivity index (χ0v) is 12.8. The van der Waals surface area contributed by atoms with Crippen LogP contribution in [0.1, 0.15) is 11.9 Å². The highest BCUT2D eigenvalue weighted by molar-refractivity contribution is 7.18. The van der Waals surface area contributed by atoms with Crippen LogP contribution in [0.25, 0.3) is 10.2 Å². The predicted molar refractivity (Wildman–Crippen MR) is 83.6 cm³/mol. The molecule has 1 saturated heterocycles. The summed E-state index contributed by atoms with van der Waals surface area (Å²) in [4.78, 5) is 20.0. The summed E-state index contributed by atoms with van der Waals surface area (Å²) in [6.07, 6.45) is 0. The third kappa shape index (κ3) is 3.23. The molecule has 0 amide bonds. The van der Waals surface area contributed by atoms with Gasteiger partial charge in [0.25, 0.3) is 0 Å². The first-order chi connectivity index (χ1) is 10.1. The van der Waals surface area contributed by atoms with Gasteiger partial charge in [0, 0.05) is 26.2 Å². The van der Waals surface area contributed by atoms with E-state index in [1.807, 2.05) is 23.1 Å². The van der Waals surface area contributed by atoms with Gasteiger partial charge in [0.05, 0.1) is 16.8 Å². The van der Waals surface area contributed by atoms with Crippen molar-refractivity contribution in [3.8, 4) is 0 Å². The number of hydrogen-bond acceptors (Lipinski definition) is 5. The first-order valence-electron chi connectivity index (χ1n) is 7.17. The first-order valence-corrected chi connectivity index (χ1v) is 7.99. The average molecular weight is 305 g/mol. The third-order valence-electron chi connectivity index (χ3n) is 4.01. The summed E-state index contributed by atoms with van der Waals surface area (Å²) in [7, 11) is 0. The van der Waals surface area contributed by atoms with E-state index in [2.05, 4.69) is 16.0 Å². The van der Waals surface area contributed by atoms with Gasteiger partial charge >= 0.3 is 5.97 Å². The smallest absolute Gasteiger partial charge is 0.320 e. The van der Waals surface area contributed by atoms with Gasteiger partial charge < -0.3 is 5.11 Å². The Balaban J connectivity index is 1.59. The maximum Gasteiger partial charge on any atom is 0.320 e. The average Bonchev–Trinajstić information content (AvgIpc) is 2.89. The lowest BCUT2D eigenvalue weighted by Crippen LogP contribution is -2.51. The van der Waals surface area contributed by atoms with Crippen molar-refractivity contribution in [2.75, 3.05) is 26.2 Å². The number of aromatic nitrogens is 1. The van der Waals surface area contributed by atoms with Gasteiger partial charge in [-0.15, -0.1) is 11.3 Å². The first kappa shape index (κ1) is 14.4. The van der Waals surface area contributed by atoms with Crippen molar-refractivity contribution < 1.29 is 9.90 Å². The van der Waals surface area contributed by atoms with Crippen LogP contribution < -0.4 is 0 Å². The lowest BCUT2D eigenvalue weighted by Gasteiger charge is -2.36. The molecular formula is C15H19N3O2S. The second-order valence-electron chi connectivity index (χ2n) is 5.40. The molecule has 0 bridgehead atoms. The topological polar surface area (TPSA) is 56.7 Å². The monoisotopic (exact) mass is 305 g/mol. The number of carboxylic acid groups (broad SMARTS) is 1. The largest absolute Gasteiger partial charge is 0.480 e. The van der Waals surface area contributed by atoms with Crippen molar-refractivity contribution in [2.45, 2.75) is 19.5 Å². The van der Waals surface area contributed by atoms with Crippen LogP contribution >= 0.6 is 11.3 Å². The fourth-order valence-electron chi connectivity index (χ4n) is 2.64. The number of benzene rings is 1. The summed E-state index contributed by atoms with van der Waals surface area (Å²) in [5.74, 6) is -0.741. The number of fused-ring (bicyclic) bond motifs is 1. The second kappa shape index (κ2) is 6.09. The van der Waals surface area contributed by atoms with Crippen LogP contribution in [0.15, 0.2) is 24.3 Å². The molecule has 112 valence electrons. The maximum absolute atomic E-state index is 11.0. The summed E-state index contributed by atoms with van der Waals surface area (Å²) in [6.45, 7) is 6.01.